The maximum Gasteiger partial charge on any atom is 0.319 e. The van der Waals surface area contributed by atoms with Crippen molar-refractivity contribution in [2.45, 2.75) is 11.8 Å². The minimum Gasteiger partial charge on any atom is -0.341 e. The molecule has 9 nitrogen and oxygen atoms in total. The number of carbonyl (C=O) groups excluding carboxylic acids is 2. The van der Waals surface area contributed by atoms with Crippen LogP contribution in [0.4, 0.5) is 10.5 Å². The summed E-state index contributed by atoms with van der Waals surface area (Å²) in [6, 6.07) is 5.24. The standard InChI is InChI=1S/C12H15N5O4S/c1-8-2-3-9(6-10(8)22(14,20)21)17-12(19)16-7-11(18)15-5-4-13/h2-3,6H,5,7H2,1H3,(H,15,18)(H2,14,20,21)(H2,16,17,19). The third-order valence-corrected chi connectivity index (χ3v) is 3.58. The molecule has 1 rings (SSSR count). The van der Waals surface area contributed by atoms with E-state index in [4.69, 9.17) is 10.4 Å². The van der Waals surface area contributed by atoms with Crippen LogP contribution in [0.2, 0.25) is 0 Å². The van der Waals surface area contributed by atoms with Gasteiger partial charge in [0.25, 0.3) is 0 Å². The summed E-state index contributed by atoms with van der Waals surface area (Å²) in [4.78, 5) is 22.7. The van der Waals surface area contributed by atoms with Gasteiger partial charge in [0.2, 0.25) is 15.9 Å². The van der Waals surface area contributed by atoms with Crippen LogP contribution in [0.3, 0.4) is 0 Å². The molecule has 0 radical (unpaired) electrons. The minimum absolute atomic E-state index is 0.0999. The number of amides is 3. The van der Waals surface area contributed by atoms with E-state index >= 15 is 0 Å². The summed E-state index contributed by atoms with van der Waals surface area (Å²) in [6.45, 7) is 1.10. The molecule has 0 atom stereocenters. The molecule has 5 N–H and O–H groups in total. The van der Waals surface area contributed by atoms with E-state index in [1.807, 2.05) is 0 Å². The highest BCUT2D eigenvalue weighted by Gasteiger charge is 2.13. The van der Waals surface area contributed by atoms with E-state index in [0.717, 1.165) is 0 Å². The van der Waals surface area contributed by atoms with Gasteiger partial charge in [0.15, 0.2) is 0 Å². The smallest absolute Gasteiger partial charge is 0.319 e. The molecule has 0 spiro atoms. The third kappa shape index (κ3) is 5.39. The average Bonchev–Trinajstić information content (AvgIpc) is 2.43. The topological polar surface area (TPSA) is 154 Å². The molecule has 0 unspecified atom stereocenters. The van der Waals surface area contributed by atoms with Crippen LogP contribution < -0.4 is 21.1 Å². The van der Waals surface area contributed by atoms with E-state index in [2.05, 4.69) is 16.0 Å². The number of nitriles is 1. The van der Waals surface area contributed by atoms with Gasteiger partial charge in [0.05, 0.1) is 17.5 Å². The number of anilines is 1. The predicted octanol–water partition coefficient (Wildman–Crippen LogP) is -0.596. The molecule has 0 saturated carbocycles. The lowest BCUT2D eigenvalue weighted by molar-refractivity contribution is -0.119. The Morgan fingerprint density at radius 3 is 2.59 bits per heavy atom. The van der Waals surface area contributed by atoms with Gasteiger partial charge in [-0.05, 0) is 24.6 Å². The maximum atomic E-state index is 11.6. The summed E-state index contributed by atoms with van der Waals surface area (Å²) < 4.78 is 22.8. The summed E-state index contributed by atoms with van der Waals surface area (Å²) in [7, 11) is -3.89. The van der Waals surface area contributed by atoms with Gasteiger partial charge in [-0.15, -0.1) is 0 Å². The molecule has 118 valence electrons. The summed E-state index contributed by atoms with van der Waals surface area (Å²) in [5.74, 6) is -0.522. The van der Waals surface area contributed by atoms with Crippen molar-refractivity contribution in [2.24, 2.45) is 5.14 Å². The van der Waals surface area contributed by atoms with Crippen LogP contribution in [0, 0.1) is 18.3 Å². The first-order valence-corrected chi connectivity index (χ1v) is 7.60. The van der Waals surface area contributed by atoms with E-state index < -0.39 is 22.0 Å². The zero-order valence-electron chi connectivity index (χ0n) is 11.7. The van der Waals surface area contributed by atoms with Crippen molar-refractivity contribution in [2.75, 3.05) is 18.4 Å². The summed E-state index contributed by atoms with van der Waals surface area (Å²) in [5, 5.41) is 20.2. The number of nitrogens with one attached hydrogen (secondary N) is 3. The number of nitrogens with zero attached hydrogens (tertiary/aromatic N) is 1. The molecule has 1 aromatic rings. The first kappa shape index (κ1) is 17.4. The van der Waals surface area contributed by atoms with Gasteiger partial charge in [-0.3, -0.25) is 4.79 Å². The molecule has 3 amide bonds. The zero-order chi connectivity index (χ0) is 16.8. The first-order valence-electron chi connectivity index (χ1n) is 6.06. The number of rotatable bonds is 5. The van der Waals surface area contributed by atoms with E-state index in [1.54, 1.807) is 13.0 Å². The molecule has 0 aliphatic rings. The van der Waals surface area contributed by atoms with Gasteiger partial charge in [-0.2, -0.15) is 5.26 Å². The Morgan fingerprint density at radius 1 is 1.32 bits per heavy atom. The van der Waals surface area contributed by atoms with Gasteiger partial charge in [0, 0.05) is 5.69 Å². The number of nitrogens with two attached hydrogens (primary N) is 1. The molecule has 0 aliphatic heterocycles. The number of benzene rings is 1. The molecule has 22 heavy (non-hydrogen) atoms. The fourth-order valence-electron chi connectivity index (χ4n) is 1.52. The number of hydrogen-bond acceptors (Lipinski definition) is 5. The Hall–Kier alpha value is -2.64. The van der Waals surface area contributed by atoms with Crippen LogP contribution in [0.15, 0.2) is 23.1 Å². The fraction of sp³-hybridized carbons (Fsp3) is 0.250. The Bertz CT molecular complexity index is 724. The molecule has 0 fully saturated rings. The van der Waals surface area contributed by atoms with Crippen LogP contribution in [-0.2, 0) is 14.8 Å². The lowest BCUT2D eigenvalue weighted by Gasteiger charge is -2.10. The van der Waals surface area contributed by atoms with Gasteiger partial charge < -0.3 is 16.0 Å². The van der Waals surface area contributed by atoms with Gasteiger partial charge in [-0.25, -0.2) is 18.4 Å². The van der Waals surface area contributed by atoms with E-state index in [9.17, 15) is 18.0 Å². The number of sulfonamides is 1. The molecular formula is C12H15N5O4S. The van der Waals surface area contributed by atoms with Gasteiger partial charge in [0.1, 0.15) is 6.54 Å². The predicted molar refractivity (Wildman–Crippen MR) is 78.2 cm³/mol. The van der Waals surface area contributed by atoms with E-state index in [-0.39, 0.29) is 23.7 Å². The number of primary sulfonamides is 1. The lowest BCUT2D eigenvalue weighted by atomic mass is 10.2. The molecular weight excluding hydrogens is 310 g/mol. The monoisotopic (exact) mass is 325 g/mol. The second-order valence-corrected chi connectivity index (χ2v) is 5.80. The molecule has 0 aliphatic carbocycles. The van der Waals surface area contributed by atoms with Crippen LogP contribution in [0.25, 0.3) is 0 Å². The zero-order valence-corrected chi connectivity index (χ0v) is 12.5. The van der Waals surface area contributed by atoms with Crippen LogP contribution in [0.5, 0.6) is 0 Å². The van der Waals surface area contributed by atoms with E-state index in [0.29, 0.717) is 5.56 Å². The van der Waals surface area contributed by atoms with Crippen molar-refractivity contribution in [3.8, 4) is 6.07 Å². The van der Waals surface area contributed by atoms with E-state index in [1.165, 1.54) is 18.2 Å². The van der Waals surface area contributed by atoms with Crippen molar-refractivity contribution >= 4 is 27.6 Å². The number of hydrogen-bond donors (Lipinski definition) is 4. The maximum absolute atomic E-state index is 11.6. The molecule has 0 heterocycles. The Kier molecular flexibility index (Phi) is 5.85. The quantitative estimate of drug-likeness (QED) is 0.532. The number of urea groups is 1. The van der Waals surface area contributed by atoms with Crippen molar-refractivity contribution in [3.63, 3.8) is 0 Å². The summed E-state index contributed by atoms with van der Waals surface area (Å²) >= 11 is 0. The minimum atomic E-state index is -3.89. The van der Waals surface area contributed by atoms with Crippen LogP contribution in [-0.4, -0.2) is 33.4 Å². The molecule has 10 heteroatoms. The first-order chi connectivity index (χ1) is 10.2. The lowest BCUT2D eigenvalue weighted by Crippen LogP contribution is -2.39. The summed E-state index contributed by atoms with van der Waals surface area (Å²) in [6.07, 6.45) is 0. The Labute approximate surface area is 127 Å². The normalized spacial score (nSPS) is 10.4. The Balaban J connectivity index is 2.66. The second kappa shape index (κ2) is 7.39. The third-order valence-electron chi connectivity index (χ3n) is 2.53. The second-order valence-electron chi connectivity index (χ2n) is 4.27. The number of carbonyl (C=O) groups is 2. The highest BCUT2D eigenvalue weighted by molar-refractivity contribution is 7.89. The van der Waals surface area contributed by atoms with Crippen molar-refractivity contribution < 1.29 is 18.0 Å². The van der Waals surface area contributed by atoms with Crippen LogP contribution in [0.1, 0.15) is 5.56 Å². The van der Waals surface area contributed by atoms with Crippen molar-refractivity contribution in [1.82, 2.24) is 10.6 Å². The SMILES string of the molecule is Cc1ccc(NC(=O)NCC(=O)NCC#N)cc1S(N)(=O)=O. The van der Waals surface area contributed by atoms with Gasteiger partial charge in [-0.1, -0.05) is 6.07 Å². The van der Waals surface area contributed by atoms with Crippen molar-refractivity contribution in [3.05, 3.63) is 23.8 Å². The molecule has 0 saturated heterocycles. The fourth-order valence-corrected chi connectivity index (χ4v) is 2.33. The average molecular weight is 325 g/mol. The highest BCUT2D eigenvalue weighted by atomic mass is 32.2. The largest absolute Gasteiger partial charge is 0.341 e. The van der Waals surface area contributed by atoms with Crippen LogP contribution >= 0.6 is 0 Å². The molecule has 0 bridgehead atoms. The summed E-state index contributed by atoms with van der Waals surface area (Å²) in [5.41, 5.74) is 0.661. The van der Waals surface area contributed by atoms with Crippen molar-refractivity contribution in [1.29, 1.82) is 5.26 Å². The molecule has 1 aromatic carbocycles. The highest BCUT2D eigenvalue weighted by Crippen LogP contribution is 2.18. The number of aryl methyl sites for hydroxylation is 1. The Morgan fingerprint density at radius 2 is 2.00 bits per heavy atom. The van der Waals surface area contributed by atoms with Gasteiger partial charge >= 0.3 is 6.03 Å². The molecule has 0 aromatic heterocycles.